The minimum absolute atomic E-state index is 0.257. The first-order valence-electron chi connectivity index (χ1n) is 10.6. The molecule has 162 valence electrons. The largest absolute Gasteiger partial charge is 0.462 e. The number of carbonyl (C=O) groups excluding carboxylic acids is 2. The van der Waals surface area contributed by atoms with Crippen molar-refractivity contribution >= 4 is 45.0 Å². The lowest BCUT2D eigenvalue weighted by molar-refractivity contribution is 0.0501. The third-order valence-corrected chi connectivity index (χ3v) is 5.06. The molecule has 0 bridgehead atoms. The van der Waals surface area contributed by atoms with Gasteiger partial charge in [-0.05, 0) is 36.9 Å². The molecule has 0 saturated carbocycles. The zero-order valence-corrected chi connectivity index (χ0v) is 18.1. The molecule has 0 unspecified atom stereocenters. The first-order valence-corrected chi connectivity index (χ1v) is 10.6. The fraction of sp³-hybridized carbons (Fsp3) is 0.192. The molecule has 0 aliphatic rings. The Morgan fingerprint density at radius 2 is 1.75 bits per heavy atom. The van der Waals surface area contributed by atoms with E-state index in [-0.39, 0.29) is 12.6 Å². The second kappa shape index (κ2) is 9.47. The number of fused-ring (bicyclic) bond motifs is 3. The van der Waals surface area contributed by atoms with Crippen molar-refractivity contribution in [1.82, 2.24) is 4.98 Å². The third-order valence-electron chi connectivity index (χ3n) is 5.06. The minimum atomic E-state index is -0.462. The summed E-state index contributed by atoms with van der Waals surface area (Å²) >= 11 is 0. The van der Waals surface area contributed by atoms with Crippen molar-refractivity contribution < 1.29 is 19.1 Å². The summed E-state index contributed by atoms with van der Waals surface area (Å²) in [6.45, 7) is 4.33. The van der Waals surface area contributed by atoms with Gasteiger partial charge in [-0.2, -0.15) is 0 Å². The normalized spacial score (nSPS) is 10.8. The van der Waals surface area contributed by atoms with Gasteiger partial charge in [0.15, 0.2) is 0 Å². The Morgan fingerprint density at radius 1 is 0.906 bits per heavy atom. The van der Waals surface area contributed by atoms with E-state index in [1.165, 1.54) is 6.20 Å². The quantitative estimate of drug-likeness (QED) is 0.293. The summed E-state index contributed by atoms with van der Waals surface area (Å²) in [5.41, 5.74) is 2.77. The highest BCUT2D eigenvalue weighted by molar-refractivity contribution is 6.13. The zero-order valence-electron chi connectivity index (χ0n) is 18.1. The lowest BCUT2D eigenvalue weighted by Crippen LogP contribution is -2.10. The van der Waals surface area contributed by atoms with Crippen LogP contribution >= 0.6 is 0 Å². The molecule has 6 heteroatoms. The van der Waals surface area contributed by atoms with E-state index >= 15 is 0 Å². The number of benzene rings is 3. The molecule has 0 amide bonds. The summed E-state index contributed by atoms with van der Waals surface area (Å²) in [5, 5.41) is 6.15. The fourth-order valence-corrected chi connectivity index (χ4v) is 3.58. The average molecular weight is 428 g/mol. The molecular formula is C26H24N2O4. The van der Waals surface area contributed by atoms with Gasteiger partial charge in [0.25, 0.3) is 0 Å². The summed E-state index contributed by atoms with van der Waals surface area (Å²) in [6, 6.07) is 18.9. The van der Waals surface area contributed by atoms with Gasteiger partial charge in [0.2, 0.25) is 0 Å². The van der Waals surface area contributed by atoms with E-state index in [2.05, 4.69) is 10.3 Å². The fourth-order valence-electron chi connectivity index (χ4n) is 3.58. The Hall–Kier alpha value is -3.93. The van der Waals surface area contributed by atoms with Gasteiger partial charge in [-0.25, -0.2) is 9.59 Å². The molecule has 0 atom stereocenters. The van der Waals surface area contributed by atoms with Crippen LogP contribution in [-0.2, 0) is 9.47 Å². The van der Waals surface area contributed by atoms with E-state index in [1.54, 1.807) is 25.1 Å². The molecule has 0 aliphatic carbocycles. The smallest absolute Gasteiger partial charge is 0.341 e. The molecule has 3 aromatic carbocycles. The number of aromatic nitrogens is 1. The third kappa shape index (κ3) is 4.25. The summed E-state index contributed by atoms with van der Waals surface area (Å²) in [5.74, 6) is -0.845. The molecular weight excluding hydrogens is 404 g/mol. The molecule has 4 aromatic rings. The number of rotatable bonds is 7. The molecule has 0 saturated heterocycles. The van der Waals surface area contributed by atoms with Crippen LogP contribution in [0.5, 0.6) is 0 Å². The van der Waals surface area contributed by atoms with E-state index in [0.717, 1.165) is 28.1 Å². The van der Waals surface area contributed by atoms with Crippen molar-refractivity contribution in [1.29, 1.82) is 0 Å². The summed E-state index contributed by atoms with van der Waals surface area (Å²) < 4.78 is 10.5. The van der Waals surface area contributed by atoms with Crippen LogP contribution < -0.4 is 5.32 Å². The Morgan fingerprint density at radius 3 is 2.56 bits per heavy atom. The van der Waals surface area contributed by atoms with Gasteiger partial charge < -0.3 is 14.8 Å². The Labute approximate surface area is 186 Å². The van der Waals surface area contributed by atoms with Crippen molar-refractivity contribution in [3.05, 3.63) is 78.0 Å². The van der Waals surface area contributed by atoms with Gasteiger partial charge in [0.05, 0.1) is 30.0 Å². The molecule has 1 heterocycles. The van der Waals surface area contributed by atoms with Gasteiger partial charge in [-0.1, -0.05) is 49.4 Å². The van der Waals surface area contributed by atoms with Gasteiger partial charge in [0, 0.05) is 22.7 Å². The van der Waals surface area contributed by atoms with E-state index < -0.39 is 5.97 Å². The number of esters is 2. The van der Waals surface area contributed by atoms with Crippen LogP contribution in [0, 0.1) is 0 Å². The maximum absolute atomic E-state index is 12.7. The number of nitrogens with zero attached hydrogens (tertiary/aromatic N) is 1. The zero-order chi connectivity index (χ0) is 22.5. The van der Waals surface area contributed by atoms with E-state index in [9.17, 15) is 9.59 Å². The summed E-state index contributed by atoms with van der Waals surface area (Å²) in [6.07, 6.45) is 2.29. The molecule has 0 fully saturated rings. The van der Waals surface area contributed by atoms with Crippen molar-refractivity contribution in [2.75, 3.05) is 18.5 Å². The molecule has 6 nitrogen and oxygen atoms in total. The number of ether oxygens (including phenoxy) is 2. The van der Waals surface area contributed by atoms with E-state index in [4.69, 9.17) is 9.47 Å². The molecule has 0 spiro atoms. The van der Waals surface area contributed by atoms with Crippen molar-refractivity contribution in [2.24, 2.45) is 0 Å². The standard InChI is InChI=1S/C26H24N2O4/c1-3-14-32-25(29)18-9-7-10-19(15-18)28-24-21-13-12-17-8-5-6-11-20(17)23(21)27-16-22(24)26(30)31-4-2/h5-13,15-16H,3-4,14H2,1-2H3,(H,27,28). The van der Waals surface area contributed by atoms with Gasteiger partial charge >= 0.3 is 11.9 Å². The number of nitrogens with one attached hydrogen (secondary N) is 1. The highest BCUT2D eigenvalue weighted by Gasteiger charge is 2.18. The lowest BCUT2D eigenvalue weighted by atomic mass is 10.0. The Balaban J connectivity index is 1.82. The van der Waals surface area contributed by atoms with Gasteiger partial charge in [-0.3, -0.25) is 4.98 Å². The van der Waals surface area contributed by atoms with Crippen LogP contribution in [0.15, 0.2) is 66.9 Å². The van der Waals surface area contributed by atoms with Gasteiger partial charge in [-0.15, -0.1) is 0 Å². The number of hydrogen-bond acceptors (Lipinski definition) is 6. The number of carbonyl (C=O) groups is 2. The van der Waals surface area contributed by atoms with Crippen molar-refractivity contribution in [3.8, 4) is 0 Å². The average Bonchev–Trinajstić information content (AvgIpc) is 2.82. The summed E-state index contributed by atoms with van der Waals surface area (Å²) in [7, 11) is 0. The monoisotopic (exact) mass is 428 g/mol. The molecule has 1 aromatic heterocycles. The maximum atomic E-state index is 12.7. The predicted octanol–water partition coefficient (Wildman–Crippen LogP) is 5.88. The SMILES string of the molecule is CCCOC(=O)c1cccc(Nc2c(C(=O)OCC)cnc3c2ccc2ccccc23)c1. The predicted molar refractivity (Wildman–Crippen MR) is 126 cm³/mol. The molecule has 4 rings (SSSR count). The summed E-state index contributed by atoms with van der Waals surface area (Å²) in [4.78, 5) is 29.6. The number of hydrogen-bond donors (Lipinski definition) is 1. The maximum Gasteiger partial charge on any atom is 0.341 e. The second-order valence-corrected chi connectivity index (χ2v) is 7.29. The number of anilines is 2. The van der Waals surface area contributed by atoms with E-state index in [1.807, 2.05) is 49.4 Å². The Kier molecular flexibility index (Phi) is 6.31. The van der Waals surface area contributed by atoms with Crippen LogP contribution in [0.1, 0.15) is 41.0 Å². The van der Waals surface area contributed by atoms with Crippen molar-refractivity contribution in [3.63, 3.8) is 0 Å². The topological polar surface area (TPSA) is 77.5 Å². The van der Waals surface area contributed by atoms with Crippen LogP contribution in [0.25, 0.3) is 21.7 Å². The van der Waals surface area contributed by atoms with E-state index in [0.29, 0.717) is 29.1 Å². The second-order valence-electron chi connectivity index (χ2n) is 7.29. The Bertz CT molecular complexity index is 1300. The molecule has 32 heavy (non-hydrogen) atoms. The lowest BCUT2D eigenvalue weighted by Gasteiger charge is -2.15. The van der Waals surface area contributed by atoms with Crippen molar-refractivity contribution in [2.45, 2.75) is 20.3 Å². The van der Waals surface area contributed by atoms with Crippen LogP contribution in [0.3, 0.4) is 0 Å². The first-order chi connectivity index (χ1) is 15.6. The highest BCUT2D eigenvalue weighted by Crippen LogP contribution is 2.33. The van der Waals surface area contributed by atoms with Crippen LogP contribution in [0.2, 0.25) is 0 Å². The van der Waals surface area contributed by atoms with Crippen LogP contribution in [-0.4, -0.2) is 30.1 Å². The molecule has 0 radical (unpaired) electrons. The first kappa shape index (κ1) is 21.3. The minimum Gasteiger partial charge on any atom is -0.462 e. The number of pyridine rings is 1. The molecule has 0 aliphatic heterocycles. The van der Waals surface area contributed by atoms with Crippen LogP contribution in [0.4, 0.5) is 11.4 Å². The highest BCUT2D eigenvalue weighted by atomic mass is 16.5. The molecule has 1 N–H and O–H groups in total. The van der Waals surface area contributed by atoms with Gasteiger partial charge in [0.1, 0.15) is 5.56 Å².